The van der Waals surface area contributed by atoms with Crippen molar-refractivity contribution in [2.75, 3.05) is 16.5 Å². The summed E-state index contributed by atoms with van der Waals surface area (Å²) in [4.78, 5) is 10.1. The molecule has 384 valence electrons. The normalized spacial score (nSPS) is 12.7. The summed E-state index contributed by atoms with van der Waals surface area (Å²) in [6, 6.07) is 96.5. The highest BCUT2D eigenvalue weighted by molar-refractivity contribution is 6.23. The molecule has 0 saturated heterocycles. The van der Waals surface area contributed by atoms with Crippen LogP contribution in [0.15, 0.2) is 273 Å². The average molecular weight is 1040 g/mol. The number of rotatable bonds is 9. The van der Waals surface area contributed by atoms with E-state index in [1.165, 1.54) is 88.5 Å². The number of anilines is 4. The second-order valence-electron chi connectivity index (χ2n) is 21.9. The second kappa shape index (κ2) is 18.3. The quantitative estimate of drug-likeness (QED) is 0.144. The van der Waals surface area contributed by atoms with Gasteiger partial charge in [-0.05, 0) is 100 Å². The first kappa shape index (κ1) is 46.6. The molecule has 0 unspecified atom stereocenters. The Labute approximate surface area is 470 Å². The van der Waals surface area contributed by atoms with Crippen molar-refractivity contribution in [3.63, 3.8) is 0 Å². The summed E-state index contributed by atoms with van der Waals surface area (Å²) in [7, 11) is 0. The lowest BCUT2D eigenvalue weighted by Gasteiger charge is -2.27. The molecule has 0 saturated carbocycles. The van der Waals surface area contributed by atoms with Crippen molar-refractivity contribution in [3.05, 3.63) is 284 Å². The van der Waals surface area contributed by atoms with E-state index in [2.05, 4.69) is 300 Å². The van der Waals surface area contributed by atoms with E-state index >= 15 is 0 Å². The molecule has 3 aromatic heterocycles. The maximum absolute atomic E-state index is 7.09. The first-order valence-corrected chi connectivity index (χ1v) is 27.9. The molecule has 2 aliphatic rings. The van der Waals surface area contributed by atoms with Crippen LogP contribution in [0.5, 0.6) is 11.5 Å². The Morgan fingerprint density at radius 1 is 0.395 bits per heavy atom. The Bertz CT molecular complexity index is 4750. The zero-order chi connectivity index (χ0) is 53.8. The van der Waals surface area contributed by atoms with Crippen LogP contribution >= 0.6 is 0 Å². The van der Waals surface area contributed by atoms with Gasteiger partial charge in [0.1, 0.15) is 24.0 Å². The summed E-state index contributed by atoms with van der Waals surface area (Å²) in [5, 5.41) is 4.77. The predicted octanol–water partition coefficient (Wildman–Crippen LogP) is 19.6. The zero-order valence-corrected chi connectivity index (χ0v) is 44.8. The van der Waals surface area contributed by atoms with Crippen molar-refractivity contribution < 1.29 is 4.74 Å². The van der Waals surface area contributed by atoms with Gasteiger partial charge in [-0.15, -0.1) is 0 Å². The molecule has 0 N–H and O–H groups in total. The number of hydrogen-bond acceptors (Lipinski definition) is 4. The zero-order valence-electron chi connectivity index (χ0n) is 44.8. The molecule has 81 heavy (non-hydrogen) atoms. The summed E-state index contributed by atoms with van der Waals surface area (Å²) >= 11 is 0. The molecular formula is C75H53N5O. The first-order chi connectivity index (χ1) is 40.0. The Kier molecular flexibility index (Phi) is 10.6. The van der Waals surface area contributed by atoms with Gasteiger partial charge in [0.15, 0.2) is 0 Å². The van der Waals surface area contributed by atoms with Gasteiger partial charge in [-0.1, -0.05) is 202 Å². The van der Waals surface area contributed by atoms with Crippen molar-refractivity contribution in [1.82, 2.24) is 14.1 Å². The fraction of sp³-hybridized carbons (Fsp3) is 0.0533. The fourth-order valence-corrected chi connectivity index (χ4v) is 13.2. The van der Waals surface area contributed by atoms with Crippen LogP contribution in [0.2, 0.25) is 0 Å². The van der Waals surface area contributed by atoms with Crippen molar-refractivity contribution in [1.29, 1.82) is 0 Å². The number of aromatic nitrogens is 3. The third-order valence-electron chi connectivity index (χ3n) is 17.1. The Morgan fingerprint density at radius 3 is 1.79 bits per heavy atom. The van der Waals surface area contributed by atoms with E-state index in [0.29, 0.717) is 6.67 Å². The molecule has 0 bridgehead atoms. The van der Waals surface area contributed by atoms with E-state index in [1.54, 1.807) is 0 Å². The number of pyridine rings is 1. The van der Waals surface area contributed by atoms with Gasteiger partial charge in [0.05, 0.1) is 44.8 Å². The average Bonchev–Trinajstić information content (AvgIpc) is 3.46. The maximum Gasteiger partial charge on any atom is 0.137 e. The monoisotopic (exact) mass is 1040 g/mol. The van der Waals surface area contributed by atoms with Gasteiger partial charge in [-0.3, -0.25) is 4.57 Å². The summed E-state index contributed by atoms with van der Waals surface area (Å²) in [5.41, 5.74) is 21.8. The van der Waals surface area contributed by atoms with Crippen molar-refractivity contribution in [2.45, 2.75) is 19.3 Å². The van der Waals surface area contributed by atoms with E-state index in [0.717, 1.165) is 56.5 Å². The van der Waals surface area contributed by atoms with Crippen LogP contribution in [0.4, 0.5) is 22.7 Å². The van der Waals surface area contributed by atoms with Gasteiger partial charge < -0.3 is 19.1 Å². The molecule has 6 heteroatoms. The van der Waals surface area contributed by atoms with E-state index in [9.17, 15) is 0 Å². The van der Waals surface area contributed by atoms with Gasteiger partial charge in [0.25, 0.3) is 0 Å². The molecule has 5 heterocycles. The topological polar surface area (TPSA) is 38.5 Å². The molecule has 0 atom stereocenters. The van der Waals surface area contributed by atoms with Crippen LogP contribution in [-0.4, -0.2) is 20.8 Å². The van der Waals surface area contributed by atoms with Gasteiger partial charge in [-0.2, -0.15) is 0 Å². The number of benzene rings is 11. The largest absolute Gasteiger partial charge is 0.457 e. The molecule has 0 spiro atoms. The molecule has 0 amide bonds. The fourth-order valence-electron chi connectivity index (χ4n) is 13.2. The Balaban J connectivity index is 0.854. The third-order valence-corrected chi connectivity index (χ3v) is 17.1. The van der Waals surface area contributed by atoms with Gasteiger partial charge in [0.2, 0.25) is 0 Å². The lowest BCUT2D eigenvalue weighted by Crippen LogP contribution is -2.24. The molecule has 11 aromatic carbocycles. The smallest absolute Gasteiger partial charge is 0.137 e. The van der Waals surface area contributed by atoms with E-state index < -0.39 is 0 Å². The lowest BCUT2D eigenvalue weighted by molar-refractivity contribution is 0.483. The number of nitrogens with zero attached hydrogens (tertiary/aromatic N) is 5. The molecule has 0 fully saturated rings. The number of ether oxygens (including phenoxy) is 1. The molecule has 14 aromatic rings. The minimum atomic E-state index is -0.290. The summed E-state index contributed by atoms with van der Waals surface area (Å²) in [5.74, 6) is 2.32. The van der Waals surface area contributed by atoms with E-state index in [4.69, 9.17) is 9.72 Å². The second-order valence-corrected chi connectivity index (χ2v) is 21.9. The Morgan fingerprint density at radius 2 is 1.01 bits per heavy atom. The minimum absolute atomic E-state index is 0.290. The minimum Gasteiger partial charge on any atom is -0.457 e. The van der Waals surface area contributed by atoms with Gasteiger partial charge in [0, 0.05) is 73.2 Å². The van der Waals surface area contributed by atoms with Crippen LogP contribution in [0.25, 0.3) is 99.6 Å². The number of para-hydroxylation sites is 5. The molecule has 2 aliphatic heterocycles. The predicted molar refractivity (Wildman–Crippen MR) is 335 cm³/mol. The van der Waals surface area contributed by atoms with E-state index in [1.807, 2.05) is 6.20 Å². The third kappa shape index (κ3) is 7.30. The molecule has 16 rings (SSSR count). The molecule has 6 nitrogen and oxygen atoms in total. The number of fused-ring (bicyclic) bond motifs is 13. The van der Waals surface area contributed by atoms with Crippen molar-refractivity contribution in [2.24, 2.45) is 0 Å². The lowest BCUT2D eigenvalue weighted by atomic mass is 9.78. The van der Waals surface area contributed by atoms with Gasteiger partial charge in [-0.25, -0.2) is 4.98 Å². The van der Waals surface area contributed by atoms with Crippen LogP contribution < -0.4 is 14.5 Å². The Hall–Kier alpha value is -10.4. The van der Waals surface area contributed by atoms with E-state index in [-0.39, 0.29) is 5.41 Å². The highest BCUT2D eigenvalue weighted by Gasteiger charge is 2.33. The van der Waals surface area contributed by atoms with Crippen molar-refractivity contribution >= 4 is 66.4 Å². The summed E-state index contributed by atoms with van der Waals surface area (Å²) in [6.07, 6.45) is 1.97. The first-order valence-electron chi connectivity index (χ1n) is 27.9. The molecule has 0 radical (unpaired) electrons. The summed E-state index contributed by atoms with van der Waals surface area (Å²) in [6.45, 7) is 5.20. The van der Waals surface area contributed by atoms with Gasteiger partial charge >= 0.3 is 0 Å². The molecular weight excluding hydrogens is 987 g/mol. The number of hydrogen-bond donors (Lipinski definition) is 0. The van der Waals surface area contributed by atoms with Crippen LogP contribution in [-0.2, 0) is 5.41 Å². The highest BCUT2D eigenvalue weighted by atomic mass is 16.5. The highest BCUT2D eigenvalue weighted by Crippen LogP contribution is 2.53. The standard InChI is InChI=1S/C75H53N5O/c1-75(2,51-25-10-5-11-26-51)52-43-44-76-70(45-52)79-67-41-42-68-71(60-31-13-12-29-58(60)61-34-20-35-62-59-30-14-15-36-64(59)80(68)74(61)62)72(67)63-40-39-55(47-69(63)79)81-54-28-18-27-53(46-54)77-48-78(66-38-17-16-37-65(66)77)73-56(49-21-6-3-7-22-49)32-19-33-57(73)50-23-8-4-9-24-50/h3-47H,48H2,1-2H3. The summed E-state index contributed by atoms with van der Waals surface area (Å²) < 4.78 is 12.0. The van der Waals surface area contributed by atoms with Crippen LogP contribution in [0.1, 0.15) is 25.0 Å². The maximum atomic E-state index is 7.09. The van der Waals surface area contributed by atoms with Crippen molar-refractivity contribution in [3.8, 4) is 67.5 Å². The SMILES string of the molecule is CC(C)(c1ccccc1)c1ccnc(-n2c3cc(Oc4cccc(N5CN(c6c(-c7ccccc7)cccc6-c6ccccc6)c6ccccc65)c4)ccc3c3c4c(ccc32)-n2c3ccccc3c3cccc(c32)-c2ccccc2-4)c1. The molecule has 0 aliphatic carbocycles. The van der Waals surface area contributed by atoms with Crippen LogP contribution in [0.3, 0.4) is 0 Å². The van der Waals surface area contributed by atoms with Crippen LogP contribution in [0, 0.1) is 0 Å².